The van der Waals surface area contributed by atoms with Gasteiger partial charge >= 0.3 is 12.0 Å². The minimum Gasteiger partial charge on any atom is -0.480 e. The van der Waals surface area contributed by atoms with Gasteiger partial charge in [-0.1, -0.05) is 18.2 Å². The Labute approximate surface area is 112 Å². The van der Waals surface area contributed by atoms with Crippen molar-refractivity contribution >= 4 is 17.7 Å². The minimum atomic E-state index is -1.06. The van der Waals surface area contributed by atoms with E-state index in [4.69, 9.17) is 5.11 Å². The first-order chi connectivity index (χ1) is 8.93. The average molecular weight is 262 g/mol. The van der Waals surface area contributed by atoms with Crippen LogP contribution in [0.3, 0.4) is 0 Å². The minimum absolute atomic E-state index is 0.184. The second-order valence-electron chi connectivity index (χ2n) is 4.31. The van der Waals surface area contributed by atoms with Crippen LogP contribution in [-0.4, -0.2) is 35.1 Å². The third-order valence-electron chi connectivity index (χ3n) is 2.60. The molecule has 0 bridgehead atoms. The highest BCUT2D eigenvalue weighted by atomic mass is 16.4. The molecule has 1 aromatic carbocycles. The van der Waals surface area contributed by atoms with Gasteiger partial charge < -0.3 is 15.3 Å². The van der Waals surface area contributed by atoms with Gasteiger partial charge in [0.2, 0.25) is 0 Å². The number of urea groups is 1. The molecule has 19 heavy (non-hydrogen) atoms. The van der Waals surface area contributed by atoms with Crippen LogP contribution in [0.1, 0.15) is 11.1 Å². The predicted octanol–water partition coefficient (Wildman–Crippen LogP) is 2.41. The smallest absolute Gasteiger partial charge is 0.323 e. The Hall–Kier alpha value is -2.30. The molecule has 0 aliphatic rings. The summed E-state index contributed by atoms with van der Waals surface area (Å²) >= 11 is 0. The van der Waals surface area contributed by atoms with Crippen molar-refractivity contribution in [2.75, 3.05) is 18.4 Å². The van der Waals surface area contributed by atoms with Gasteiger partial charge in [0.1, 0.15) is 6.54 Å². The van der Waals surface area contributed by atoms with Crippen LogP contribution in [0.5, 0.6) is 0 Å². The fourth-order valence-electron chi connectivity index (χ4n) is 1.60. The molecule has 2 N–H and O–H groups in total. The Morgan fingerprint density at radius 1 is 1.42 bits per heavy atom. The van der Waals surface area contributed by atoms with Crippen LogP contribution < -0.4 is 5.32 Å². The molecule has 1 aromatic rings. The van der Waals surface area contributed by atoms with Crippen molar-refractivity contribution in [2.24, 2.45) is 0 Å². The monoisotopic (exact) mass is 262 g/mol. The van der Waals surface area contributed by atoms with Gasteiger partial charge in [-0.3, -0.25) is 4.79 Å². The Bertz CT molecular complexity index is 497. The zero-order chi connectivity index (χ0) is 14.4. The zero-order valence-electron chi connectivity index (χ0n) is 11.1. The van der Waals surface area contributed by atoms with Crippen LogP contribution in [0.15, 0.2) is 30.9 Å². The normalized spacial score (nSPS) is 9.79. The third-order valence-corrected chi connectivity index (χ3v) is 2.60. The van der Waals surface area contributed by atoms with E-state index in [9.17, 15) is 9.59 Å². The topological polar surface area (TPSA) is 69.6 Å². The highest BCUT2D eigenvalue weighted by molar-refractivity contribution is 5.92. The number of nitrogens with zero attached hydrogens (tertiary/aromatic N) is 1. The first kappa shape index (κ1) is 14.8. The van der Waals surface area contributed by atoms with E-state index in [2.05, 4.69) is 11.9 Å². The number of rotatable bonds is 5. The molecule has 0 fully saturated rings. The van der Waals surface area contributed by atoms with E-state index < -0.39 is 12.0 Å². The van der Waals surface area contributed by atoms with Crippen molar-refractivity contribution in [1.29, 1.82) is 0 Å². The number of nitrogens with one attached hydrogen (secondary N) is 1. The molecule has 5 heteroatoms. The molecule has 0 aliphatic heterocycles. The van der Waals surface area contributed by atoms with E-state index in [1.165, 1.54) is 11.0 Å². The number of amides is 2. The molecule has 0 aliphatic carbocycles. The van der Waals surface area contributed by atoms with Gasteiger partial charge in [-0.2, -0.15) is 0 Å². The highest BCUT2D eigenvalue weighted by Crippen LogP contribution is 2.16. The number of carbonyl (C=O) groups excluding carboxylic acids is 1. The van der Waals surface area contributed by atoms with Crippen molar-refractivity contribution in [2.45, 2.75) is 13.8 Å². The third kappa shape index (κ3) is 4.46. The largest absolute Gasteiger partial charge is 0.480 e. The maximum absolute atomic E-state index is 12.0. The molecule has 0 heterocycles. The lowest BCUT2D eigenvalue weighted by atomic mass is 10.1. The number of anilines is 1. The van der Waals surface area contributed by atoms with Crippen molar-refractivity contribution in [3.63, 3.8) is 0 Å². The number of hydrogen-bond donors (Lipinski definition) is 2. The fraction of sp³-hybridized carbons (Fsp3) is 0.286. The van der Waals surface area contributed by atoms with Gasteiger partial charge in [-0.15, -0.1) is 6.58 Å². The van der Waals surface area contributed by atoms with Gasteiger partial charge in [-0.25, -0.2) is 4.79 Å². The molecule has 102 valence electrons. The van der Waals surface area contributed by atoms with E-state index in [1.54, 1.807) is 0 Å². The summed E-state index contributed by atoms with van der Waals surface area (Å²) in [5, 5.41) is 11.5. The van der Waals surface area contributed by atoms with E-state index in [1.807, 2.05) is 32.0 Å². The first-order valence-electron chi connectivity index (χ1n) is 5.90. The maximum atomic E-state index is 12.0. The first-order valence-corrected chi connectivity index (χ1v) is 5.90. The summed E-state index contributed by atoms with van der Waals surface area (Å²) in [7, 11) is 0. The molecule has 5 nitrogen and oxygen atoms in total. The Kier molecular flexibility index (Phi) is 5.11. The lowest BCUT2D eigenvalue weighted by Gasteiger charge is -2.20. The van der Waals surface area contributed by atoms with Crippen molar-refractivity contribution in [1.82, 2.24) is 4.90 Å². The van der Waals surface area contributed by atoms with Crippen LogP contribution in [0.25, 0.3) is 0 Å². The summed E-state index contributed by atoms with van der Waals surface area (Å²) in [6.45, 7) is 7.14. The number of aliphatic carboxylic acids is 1. The van der Waals surface area contributed by atoms with Gasteiger partial charge in [0, 0.05) is 12.2 Å². The molecular weight excluding hydrogens is 244 g/mol. The molecule has 0 unspecified atom stereocenters. The molecule has 0 aromatic heterocycles. The molecule has 0 atom stereocenters. The molecule has 2 amide bonds. The molecule has 0 saturated carbocycles. The second-order valence-corrected chi connectivity index (χ2v) is 4.31. The van der Waals surface area contributed by atoms with Crippen molar-refractivity contribution in [3.05, 3.63) is 42.0 Å². The number of benzene rings is 1. The fourth-order valence-corrected chi connectivity index (χ4v) is 1.60. The molecule has 0 spiro atoms. The molecular formula is C14H18N2O3. The summed E-state index contributed by atoms with van der Waals surface area (Å²) in [4.78, 5) is 23.9. The highest BCUT2D eigenvalue weighted by Gasteiger charge is 2.16. The number of aryl methyl sites for hydroxylation is 2. The number of carbonyl (C=O) groups is 2. The van der Waals surface area contributed by atoms with Crippen LogP contribution in [0.2, 0.25) is 0 Å². The lowest BCUT2D eigenvalue weighted by molar-refractivity contribution is -0.137. The number of carboxylic acids is 1. The molecule has 0 saturated heterocycles. The van der Waals surface area contributed by atoms with Crippen LogP contribution in [0, 0.1) is 13.8 Å². The van der Waals surface area contributed by atoms with E-state index in [0.29, 0.717) is 5.69 Å². The molecule has 1 rings (SSSR count). The number of carboxylic acid groups (broad SMARTS) is 1. The van der Waals surface area contributed by atoms with Crippen molar-refractivity contribution in [3.8, 4) is 0 Å². The van der Waals surface area contributed by atoms with Gasteiger partial charge in [0.05, 0.1) is 0 Å². The average Bonchev–Trinajstić information content (AvgIpc) is 2.32. The summed E-state index contributed by atoms with van der Waals surface area (Å²) in [5.41, 5.74) is 2.63. The second kappa shape index (κ2) is 6.58. The summed E-state index contributed by atoms with van der Waals surface area (Å²) in [5.74, 6) is -1.06. The number of hydrogen-bond acceptors (Lipinski definition) is 2. The van der Waals surface area contributed by atoms with E-state index >= 15 is 0 Å². The Morgan fingerprint density at radius 2 is 2.11 bits per heavy atom. The van der Waals surface area contributed by atoms with Gasteiger partial charge in [0.25, 0.3) is 0 Å². The Balaban J connectivity index is 2.83. The summed E-state index contributed by atoms with van der Waals surface area (Å²) < 4.78 is 0. The zero-order valence-corrected chi connectivity index (χ0v) is 11.1. The van der Waals surface area contributed by atoms with Crippen molar-refractivity contribution < 1.29 is 14.7 Å². The van der Waals surface area contributed by atoms with E-state index in [-0.39, 0.29) is 13.1 Å². The Morgan fingerprint density at radius 3 is 2.68 bits per heavy atom. The SMILES string of the molecule is C=CCN(CC(=O)O)C(=O)Nc1cc(C)ccc1C. The van der Waals surface area contributed by atoms with Gasteiger partial charge in [0.15, 0.2) is 0 Å². The standard InChI is InChI=1S/C14H18N2O3/c1-4-7-16(9-13(17)18)14(19)15-12-8-10(2)5-6-11(12)3/h4-6,8H,1,7,9H2,2-3H3,(H,15,19)(H,17,18). The van der Waals surface area contributed by atoms with Gasteiger partial charge in [-0.05, 0) is 31.0 Å². The summed E-state index contributed by atoms with van der Waals surface area (Å²) in [6, 6.07) is 5.25. The van der Waals surface area contributed by atoms with Crippen LogP contribution >= 0.6 is 0 Å². The maximum Gasteiger partial charge on any atom is 0.323 e. The molecule has 0 radical (unpaired) electrons. The lowest BCUT2D eigenvalue weighted by Crippen LogP contribution is -2.38. The van der Waals surface area contributed by atoms with Crippen LogP contribution in [-0.2, 0) is 4.79 Å². The predicted molar refractivity (Wildman–Crippen MR) is 74.3 cm³/mol. The van der Waals surface area contributed by atoms with E-state index in [0.717, 1.165) is 11.1 Å². The van der Waals surface area contributed by atoms with Crippen LogP contribution in [0.4, 0.5) is 10.5 Å². The summed E-state index contributed by atoms with van der Waals surface area (Å²) in [6.07, 6.45) is 1.49. The quantitative estimate of drug-likeness (QED) is 0.800.